The third-order valence-electron chi connectivity index (χ3n) is 1.87. The van der Waals surface area contributed by atoms with Gasteiger partial charge in [0.2, 0.25) is 0 Å². The quantitative estimate of drug-likeness (QED) is 0.706. The first-order valence-electron chi connectivity index (χ1n) is 4.07. The summed E-state index contributed by atoms with van der Waals surface area (Å²) in [5.74, 6) is 0. The smallest absolute Gasteiger partial charge is 0.0528 e. The fourth-order valence-corrected chi connectivity index (χ4v) is 1.21. The summed E-state index contributed by atoms with van der Waals surface area (Å²) in [4.78, 5) is 0. The summed E-state index contributed by atoms with van der Waals surface area (Å²) >= 11 is 0. The minimum atomic E-state index is 0.481. The van der Waals surface area contributed by atoms with Crippen molar-refractivity contribution in [1.82, 2.24) is 9.78 Å². The maximum absolute atomic E-state index is 5.47. The summed E-state index contributed by atoms with van der Waals surface area (Å²) in [6.07, 6.45) is 5.90. The molecule has 1 rings (SSSR count). The van der Waals surface area contributed by atoms with E-state index in [2.05, 4.69) is 12.0 Å². The molecule has 0 saturated heterocycles. The van der Waals surface area contributed by atoms with Crippen molar-refractivity contribution in [3.05, 3.63) is 18.5 Å². The van der Waals surface area contributed by atoms with Crippen molar-refractivity contribution < 1.29 is 0 Å². The van der Waals surface area contributed by atoms with Crippen molar-refractivity contribution in [2.45, 2.75) is 25.8 Å². The molecule has 3 nitrogen and oxygen atoms in total. The minimum Gasteiger partial charge on any atom is -0.330 e. The second-order valence-corrected chi connectivity index (χ2v) is 2.63. The van der Waals surface area contributed by atoms with E-state index in [1.165, 1.54) is 0 Å². The Bertz CT molecular complexity index is 181. The molecule has 62 valence electrons. The second kappa shape index (κ2) is 4.13. The van der Waals surface area contributed by atoms with Crippen LogP contribution in [0.2, 0.25) is 0 Å². The average Bonchev–Trinajstić information content (AvgIpc) is 2.52. The van der Waals surface area contributed by atoms with Crippen molar-refractivity contribution in [1.29, 1.82) is 0 Å². The zero-order valence-electron chi connectivity index (χ0n) is 6.90. The zero-order valence-corrected chi connectivity index (χ0v) is 6.90. The molecule has 1 aromatic rings. The van der Waals surface area contributed by atoms with Gasteiger partial charge in [-0.3, -0.25) is 4.68 Å². The summed E-state index contributed by atoms with van der Waals surface area (Å²) in [7, 11) is 0. The number of aromatic nitrogens is 2. The number of hydrogen-bond acceptors (Lipinski definition) is 2. The van der Waals surface area contributed by atoms with E-state index in [0.29, 0.717) is 6.04 Å². The van der Waals surface area contributed by atoms with E-state index in [0.717, 1.165) is 19.4 Å². The molecule has 1 heterocycles. The molecule has 1 aromatic heterocycles. The highest BCUT2D eigenvalue weighted by molar-refractivity contribution is 4.81. The molecule has 1 atom stereocenters. The van der Waals surface area contributed by atoms with Crippen LogP contribution in [0.3, 0.4) is 0 Å². The van der Waals surface area contributed by atoms with Crippen LogP contribution in [0.1, 0.15) is 25.8 Å². The molecule has 3 heteroatoms. The maximum Gasteiger partial charge on any atom is 0.0528 e. The van der Waals surface area contributed by atoms with Crippen LogP contribution in [0.25, 0.3) is 0 Å². The van der Waals surface area contributed by atoms with Crippen LogP contribution >= 0.6 is 0 Å². The maximum atomic E-state index is 5.47. The van der Waals surface area contributed by atoms with Crippen LogP contribution in [-0.2, 0) is 0 Å². The molecule has 0 aliphatic rings. The highest BCUT2D eigenvalue weighted by atomic mass is 15.3. The third kappa shape index (κ3) is 2.05. The Labute approximate surface area is 67.2 Å². The Morgan fingerprint density at radius 1 is 1.64 bits per heavy atom. The second-order valence-electron chi connectivity index (χ2n) is 2.63. The first-order valence-corrected chi connectivity index (χ1v) is 4.07. The summed E-state index contributed by atoms with van der Waals surface area (Å²) in [5, 5.41) is 4.17. The molecule has 2 N–H and O–H groups in total. The fraction of sp³-hybridized carbons (Fsp3) is 0.625. The summed E-state index contributed by atoms with van der Waals surface area (Å²) in [6.45, 7) is 2.89. The lowest BCUT2D eigenvalue weighted by Crippen LogP contribution is -2.13. The van der Waals surface area contributed by atoms with E-state index in [-0.39, 0.29) is 0 Å². The van der Waals surface area contributed by atoms with Crippen LogP contribution < -0.4 is 5.73 Å². The van der Waals surface area contributed by atoms with Gasteiger partial charge in [0.25, 0.3) is 0 Å². The third-order valence-corrected chi connectivity index (χ3v) is 1.87. The molecule has 0 fully saturated rings. The Kier molecular flexibility index (Phi) is 3.11. The van der Waals surface area contributed by atoms with Gasteiger partial charge in [0.1, 0.15) is 0 Å². The molecule has 0 saturated carbocycles. The van der Waals surface area contributed by atoms with Crippen molar-refractivity contribution in [2.75, 3.05) is 6.54 Å². The number of nitrogens with two attached hydrogens (primary N) is 1. The van der Waals surface area contributed by atoms with Crippen molar-refractivity contribution in [3.63, 3.8) is 0 Å². The first kappa shape index (κ1) is 8.27. The van der Waals surface area contributed by atoms with Gasteiger partial charge in [-0.25, -0.2) is 0 Å². The van der Waals surface area contributed by atoms with E-state index in [4.69, 9.17) is 5.73 Å². The molecule has 0 aliphatic carbocycles. The lowest BCUT2D eigenvalue weighted by molar-refractivity contribution is 0.418. The van der Waals surface area contributed by atoms with Crippen LogP contribution in [0.15, 0.2) is 18.5 Å². The Hall–Kier alpha value is -0.830. The Morgan fingerprint density at radius 2 is 2.45 bits per heavy atom. The van der Waals surface area contributed by atoms with E-state index in [1.54, 1.807) is 6.20 Å². The zero-order chi connectivity index (χ0) is 8.10. The summed E-state index contributed by atoms with van der Waals surface area (Å²) in [6, 6.07) is 2.43. The van der Waals surface area contributed by atoms with Crippen LogP contribution in [0.5, 0.6) is 0 Å². The first-order chi connectivity index (χ1) is 5.38. The van der Waals surface area contributed by atoms with Gasteiger partial charge >= 0.3 is 0 Å². The number of rotatable bonds is 4. The van der Waals surface area contributed by atoms with Gasteiger partial charge < -0.3 is 5.73 Å². The van der Waals surface area contributed by atoms with Crippen LogP contribution in [0, 0.1) is 0 Å². The topological polar surface area (TPSA) is 43.8 Å². The van der Waals surface area contributed by atoms with Gasteiger partial charge in [-0.1, -0.05) is 6.92 Å². The average molecular weight is 153 g/mol. The number of nitrogens with zero attached hydrogens (tertiary/aromatic N) is 2. The van der Waals surface area contributed by atoms with Crippen LogP contribution in [0.4, 0.5) is 0 Å². The summed E-state index contributed by atoms with van der Waals surface area (Å²) < 4.78 is 1.98. The predicted molar refractivity (Wildman–Crippen MR) is 45.2 cm³/mol. The van der Waals surface area contributed by atoms with Crippen molar-refractivity contribution in [2.24, 2.45) is 5.73 Å². The molecular weight excluding hydrogens is 138 g/mol. The van der Waals surface area contributed by atoms with E-state index in [9.17, 15) is 0 Å². The number of hydrogen-bond donors (Lipinski definition) is 1. The lowest BCUT2D eigenvalue weighted by atomic mass is 10.1. The largest absolute Gasteiger partial charge is 0.330 e. The molecule has 0 unspecified atom stereocenters. The van der Waals surface area contributed by atoms with Gasteiger partial charge in [0, 0.05) is 12.4 Å². The molecule has 0 radical (unpaired) electrons. The van der Waals surface area contributed by atoms with Crippen LogP contribution in [-0.4, -0.2) is 16.3 Å². The molecule has 0 bridgehead atoms. The molecule has 0 aromatic carbocycles. The van der Waals surface area contributed by atoms with Crippen molar-refractivity contribution in [3.8, 4) is 0 Å². The highest BCUT2D eigenvalue weighted by Crippen LogP contribution is 2.12. The van der Waals surface area contributed by atoms with Gasteiger partial charge in [-0.2, -0.15) is 5.10 Å². The minimum absolute atomic E-state index is 0.481. The molecule has 11 heavy (non-hydrogen) atoms. The van der Waals surface area contributed by atoms with E-state index < -0.39 is 0 Å². The Balaban J connectivity index is 2.56. The SMILES string of the molecule is CC[C@H](CCN)n1cccn1. The van der Waals surface area contributed by atoms with E-state index >= 15 is 0 Å². The molecule has 0 spiro atoms. The normalized spacial score (nSPS) is 13.3. The standard InChI is InChI=1S/C8H15N3/c1-2-8(4-5-9)11-7-3-6-10-11/h3,6-8H,2,4-5,9H2,1H3/t8-/m1/s1. The van der Waals surface area contributed by atoms with Crippen molar-refractivity contribution >= 4 is 0 Å². The molecular formula is C8H15N3. The van der Waals surface area contributed by atoms with E-state index in [1.807, 2.05) is 16.9 Å². The van der Waals surface area contributed by atoms with Gasteiger partial charge in [0.15, 0.2) is 0 Å². The fourth-order valence-electron chi connectivity index (χ4n) is 1.21. The monoisotopic (exact) mass is 153 g/mol. The Morgan fingerprint density at radius 3 is 2.91 bits per heavy atom. The summed E-state index contributed by atoms with van der Waals surface area (Å²) in [5.41, 5.74) is 5.47. The molecule has 0 aliphatic heterocycles. The highest BCUT2D eigenvalue weighted by Gasteiger charge is 2.05. The lowest BCUT2D eigenvalue weighted by Gasteiger charge is -2.13. The molecule has 0 amide bonds. The van der Waals surface area contributed by atoms with Gasteiger partial charge in [-0.05, 0) is 25.5 Å². The van der Waals surface area contributed by atoms with Gasteiger partial charge in [-0.15, -0.1) is 0 Å². The predicted octanol–water partition coefficient (Wildman–Crippen LogP) is 1.18. The van der Waals surface area contributed by atoms with Gasteiger partial charge in [0.05, 0.1) is 6.04 Å².